The van der Waals surface area contributed by atoms with E-state index in [0.717, 1.165) is 28.8 Å². The molecule has 1 aromatic carbocycles. The molecule has 7 heteroatoms. The Balaban J connectivity index is 1.46. The van der Waals surface area contributed by atoms with Crippen molar-refractivity contribution < 1.29 is 9.18 Å². The van der Waals surface area contributed by atoms with E-state index in [-0.39, 0.29) is 23.3 Å². The maximum absolute atomic E-state index is 13.0. The maximum atomic E-state index is 13.0. The number of amides is 1. The smallest absolute Gasteiger partial charge is 0.267 e. The number of carbonyl (C=O) groups is 1. The molecule has 1 atom stereocenters. The Morgan fingerprint density at radius 3 is 2.81 bits per heavy atom. The van der Waals surface area contributed by atoms with Crippen LogP contribution in [0.1, 0.15) is 28.2 Å². The highest BCUT2D eigenvalue weighted by molar-refractivity contribution is 5.94. The van der Waals surface area contributed by atoms with E-state index in [1.54, 1.807) is 30.5 Å². The predicted molar refractivity (Wildman–Crippen MR) is 94.3 cm³/mol. The van der Waals surface area contributed by atoms with Crippen LogP contribution in [-0.4, -0.2) is 27.1 Å². The van der Waals surface area contributed by atoms with Gasteiger partial charge in [-0.05, 0) is 54.2 Å². The molecule has 4 rings (SSSR count). The van der Waals surface area contributed by atoms with Crippen molar-refractivity contribution in [2.75, 3.05) is 0 Å². The van der Waals surface area contributed by atoms with Gasteiger partial charge in [0.15, 0.2) is 0 Å². The lowest BCUT2D eigenvalue weighted by Crippen LogP contribution is -2.39. The molecule has 0 bridgehead atoms. The average Bonchev–Trinajstić information content (AvgIpc) is 3.12. The Labute approximate surface area is 148 Å². The second-order valence-corrected chi connectivity index (χ2v) is 6.43. The fourth-order valence-electron chi connectivity index (χ4n) is 3.26. The minimum Gasteiger partial charge on any atom is -0.357 e. The zero-order valence-corrected chi connectivity index (χ0v) is 13.9. The van der Waals surface area contributed by atoms with Crippen LogP contribution < -0.4 is 10.9 Å². The lowest BCUT2D eigenvalue weighted by atomic mass is 9.92. The largest absolute Gasteiger partial charge is 0.357 e. The number of rotatable bonds is 3. The lowest BCUT2D eigenvalue weighted by molar-refractivity contribution is 0.0929. The van der Waals surface area contributed by atoms with E-state index in [4.69, 9.17) is 0 Å². The van der Waals surface area contributed by atoms with Gasteiger partial charge < -0.3 is 10.3 Å². The molecular weight excluding hydrogens is 335 g/mol. The van der Waals surface area contributed by atoms with Crippen molar-refractivity contribution in [3.05, 3.63) is 75.7 Å². The highest BCUT2D eigenvalue weighted by Crippen LogP contribution is 2.21. The van der Waals surface area contributed by atoms with E-state index >= 15 is 0 Å². The molecule has 1 amide bonds. The van der Waals surface area contributed by atoms with Gasteiger partial charge in [-0.1, -0.05) is 12.1 Å². The minimum absolute atomic E-state index is 0.0452. The molecule has 0 aliphatic heterocycles. The summed E-state index contributed by atoms with van der Waals surface area (Å²) in [5.74, 6) is -0.502. The number of aromatic nitrogens is 3. The normalized spacial score (nSPS) is 16.1. The van der Waals surface area contributed by atoms with E-state index in [0.29, 0.717) is 18.5 Å². The quantitative estimate of drug-likeness (QED) is 0.675. The zero-order chi connectivity index (χ0) is 18.1. The van der Waals surface area contributed by atoms with Gasteiger partial charge in [0.25, 0.3) is 11.5 Å². The van der Waals surface area contributed by atoms with Crippen molar-refractivity contribution in [1.29, 1.82) is 0 Å². The summed E-state index contributed by atoms with van der Waals surface area (Å²) in [5.41, 5.74) is 3.62. The van der Waals surface area contributed by atoms with Gasteiger partial charge in [0, 0.05) is 18.3 Å². The van der Waals surface area contributed by atoms with Crippen LogP contribution in [0.25, 0.3) is 11.1 Å². The number of nitrogens with zero attached hydrogens (tertiary/aromatic N) is 1. The number of fused-ring (bicyclic) bond motifs is 1. The predicted octanol–water partition coefficient (Wildman–Crippen LogP) is 2.19. The summed E-state index contributed by atoms with van der Waals surface area (Å²) in [6.45, 7) is 0. The molecule has 2 aromatic heterocycles. The number of aryl methyl sites for hydroxylation is 1. The number of carbonyl (C=O) groups excluding carboxylic acids is 1. The van der Waals surface area contributed by atoms with Gasteiger partial charge in [-0.2, -0.15) is 5.10 Å². The van der Waals surface area contributed by atoms with Crippen LogP contribution in [0.5, 0.6) is 0 Å². The number of hydrogen-bond acceptors (Lipinski definition) is 3. The molecule has 2 heterocycles. The SMILES string of the molecule is O=C(NC1CCc2n[nH]c(=O)cc2C1)c1cc(-c2ccc(F)cc2)c[nH]1. The third kappa shape index (κ3) is 3.28. The molecule has 1 unspecified atom stereocenters. The van der Waals surface area contributed by atoms with Gasteiger partial charge in [-0.15, -0.1) is 0 Å². The second kappa shape index (κ2) is 6.59. The first-order valence-electron chi connectivity index (χ1n) is 8.41. The van der Waals surface area contributed by atoms with Crippen LogP contribution in [-0.2, 0) is 12.8 Å². The van der Waals surface area contributed by atoms with Gasteiger partial charge >= 0.3 is 0 Å². The van der Waals surface area contributed by atoms with Crippen LogP contribution in [0.2, 0.25) is 0 Å². The van der Waals surface area contributed by atoms with Gasteiger partial charge in [0.1, 0.15) is 11.5 Å². The summed E-state index contributed by atoms with van der Waals surface area (Å²) in [6, 6.07) is 9.35. The van der Waals surface area contributed by atoms with Crippen LogP contribution in [0.15, 0.2) is 47.4 Å². The van der Waals surface area contributed by atoms with Crippen molar-refractivity contribution in [3.63, 3.8) is 0 Å². The Hall–Kier alpha value is -3.22. The highest BCUT2D eigenvalue weighted by atomic mass is 19.1. The number of hydrogen-bond donors (Lipinski definition) is 3. The van der Waals surface area contributed by atoms with E-state index in [9.17, 15) is 14.0 Å². The van der Waals surface area contributed by atoms with Crippen molar-refractivity contribution in [2.24, 2.45) is 0 Å². The summed E-state index contributed by atoms with van der Waals surface area (Å²) in [4.78, 5) is 26.9. The zero-order valence-electron chi connectivity index (χ0n) is 13.9. The minimum atomic E-state index is -0.298. The molecule has 0 spiro atoms. The third-order valence-corrected chi connectivity index (χ3v) is 4.61. The third-order valence-electron chi connectivity index (χ3n) is 4.61. The highest BCUT2D eigenvalue weighted by Gasteiger charge is 2.22. The average molecular weight is 352 g/mol. The Morgan fingerprint density at radius 1 is 1.19 bits per heavy atom. The number of H-pyrrole nitrogens is 2. The number of nitrogens with one attached hydrogen (secondary N) is 3. The van der Waals surface area contributed by atoms with Crippen LogP contribution in [0.3, 0.4) is 0 Å². The van der Waals surface area contributed by atoms with E-state index in [1.807, 2.05) is 0 Å². The van der Waals surface area contributed by atoms with Crippen molar-refractivity contribution in [1.82, 2.24) is 20.5 Å². The summed E-state index contributed by atoms with van der Waals surface area (Å²) < 4.78 is 13.0. The van der Waals surface area contributed by atoms with Gasteiger partial charge in [-0.25, -0.2) is 9.49 Å². The Bertz CT molecular complexity index is 1010. The summed E-state index contributed by atoms with van der Waals surface area (Å²) in [6.07, 6.45) is 3.79. The molecule has 0 saturated carbocycles. The van der Waals surface area contributed by atoms with E-state index in [2.05, 4.69) is 20.5 Å². The van der Waals surface area contributed by atoms with Crippen molar-refractivity contribution in [3.8, 4) is 11.1 Å². The van der Waals surface area contributed by atoms with Gasteiger partial charge in [0.2, 0.25) is 0 Å². The molecule has 0 radical (unpaired) electrons. The number of halogens is 1. The number of benzene rings is 1. The Morgan fingerprint density at radius 2 is 2.00 bits per heavy atom. The first-order valence-corrected chi connectivity index (χ1v) is 8.41. The second-order valence-electron chi connectivity index (χ2n) is 6.43. The molecule has 6 nitrogen and oxygen atoms in total. The van der Waals surface area contributed by atoms with Crippen LogP contribution >= 0.6 is 0 Å². The maximum Gasteiger partial charge on any atom is 0.267 e. The first kappa shape index (κ1) is 16.3. The fourth-order valence-corrected chi connectivity index (χ4v) is 3.26. The fraction of sp³-hybridized carbons (Fsp3) is 0.211. The monoisotopic (exact) mass is 352 g/mol. The molecule has 0 saturated heterocycles. The molecular formula is C19H17FN4O2. The topological polar surface area (TPSA) is 90.6 Å². The molecule has 3 aromatic rings. The summed E-state index contributed by atoms with van der Waals surface area (Å²) in [5, 5.41) is 9.49. The lowest BCUT2D eigenvalue weighted by Gasteiger charge is -2.24. The molecule has 3 N–H and O–H groups in total. The molecule has 0 fully saturated rings. The van der Waals surface area contributed by atoms with E-state index < -0.39 is 0 Å². The van der Waals surface area contributed by atoms with Crippen LogP contribution in [0, 0.1) is 5.82 Å². The number of aromatic amines is 2. The molecule has 132 valence electrons. The van der Waals surface area contributed by atoms with Gasteiger partial charge in [-0.3, -0.25) is 9.59 Å². The standard InChI is InChI=1S/C19H17FN4O2/c20-14-3-1-11(2-4-14)13-8-17(21-10-13)19(26)22-15-5-6-16-12(7-15)9-18(25)24-23-16/h1-4,8-10,15,21H,5-7H2,(H,22,26)(H,24,25). The summed E-state index contributed by atoms with van der Waals surface area (Å²) >= 11 is 0. The molecule has 1 aliphatic carbocycles. The van der Waals surface area contributed by atoms with Crippen LogP contribution in [0.4, 0.5) is 4.39 Å². The Kier molecular flexibility index (Phi) is 4.12. The van der Waals surface area contributed by atoms with Crippen molar-refractivity contribution >= 4 is 5.91 Å². The van der Waals surface area contributed by atoms with Gasteiger partial charge in [0.05, 0.1) is 5.69 Å². The first-order chi connectivity index (χ1) is 12.6. The molecule has 26 heavy (non-hydrogen) atoms. The van der Waals surface area contributed by atoms with Crippen molar-refractivity contribution in [2.45, 2.75) is 25.3 Å². The summed E-state index contributed by atoms with van der Waals surface area (Å²) in [7, 11) is 0. The molecule has 1 aliphatic rings. The van der Waals surface area contributed by atoms with E-state index in [1.165, 1.54) is 12.1 Å².